The molecule has 18 heavy (non-hydrogen) atoms. The molecule has 5 heteroatoms. The van der Waals surface area contributed by atoms with Gasteiger partial charge in [-0.25, -0.2) is 4.79 Å². The van der Waals surface area contributed by atoms with Crippen molar-refractivity contribution < 1.29 is 14.3 Å². The number of hydrogen-bond acceptors (Lipinski definition) is 4. The first-order valence-electron chi connectivity index (χ1n) is 6.49. The minimum Gasteiger partial charge on any atom is -0.466 e. The van der Waals surface area contributed by atoms with Crippen LogP contribution in [0, 0.1) is 0 Å². The second-order valence-electron chi connectivity index (χ2n) is 4.36. The third kappa shape index (κ3) is 5.70. The molecule has 0 bridgehead atoms. The number of nitrogens with one attached hydrogen (secondary N) is 1. The molecule has 5 nitrogen and oxygen atoms in total. The van der Waals surface area contributed by atoms with E-state index in [1.54, 1.807) is 6.20 Å². The second-order valence-corrected chi connectivity index (χ2v) is 4.36. The Balaban J connectivity index is 2.11. The third-order valence-corrected chi connectivity index (χ3v) is 2.96. The number of carbonyl (C=O) groups is 2. The summed E-state index contributed by atoms with van der Waals surface area (Å²) in [7, 11) is 1.34. The van der Waals surface area contributed by atoms with Crippen LogP contribution in [0.1, 0.15) is 32.1 Å². The van der Waals surface area contributed by atoms with Gasteiger partial charge in [0.1, 0.15) is 0 Å². The van der Waals surface area contributed by atoms with Gasteiger partial charge in [-0.05, 0) is 19.3 Å². The van der Waals surface area contributed by atoms with Crippen LogP contribution >= 0.6 is 0 Å². The molecule has 0 saturated carbocycles. The van der Waals surface area contributed by atoms with Crippen molar-refractivity contribution >= 4 is 11.9 Å². The minimum atomic E-state index is -0.370. The van der Waals surface area contributed by atoms with Gasteiger partial charge in [-0.1, -0.05) is 6.42 Å². The van der Waals surface area contributed by atoms with Crippen LogP contribution in [0.2, 0.25) is 0 Å². The molecular weight excluding hydrogens is 232 g/mol. The maximum absolute atomic E-state index is 11.7. The molecule has 0 aromatic rings. The molecule has 1 saturated heterocycles. The Morgan fingerprint density at radius 1 is 1.44 bits per heavy atom. The summed E-state index contributed by atoms with van der Waals surface area (Å²) >= 11 is 0. The maximum atomic E-state index is 11.7. The molecule has 1 fully saturated rings. The van der Waals surface area contributed by atoms with Crippen LogP contribution in [-0.4, -0.2) is 43.5 Å². The van der Waals surface area contributed by atoms with Gasteiger partial charge in [-0.2, -0.15) is 0 Å². The lowest BCUT2D eigenvalue weighted by Crippen LogP contribution is -2.32. The van der Waals surface area contributed by atoms with Gasteiger partial charge < -0.3 is 15.0 Å². The number of likely N-dealkylation sites (tertiary alicyclic amines) is 1. The molecule has 1 N–H and O–H groups in total. The van der Waals surface area contributed by atoms with Crippen molar-refractivity contribution in [2.45, 2.75) is 32.1 Å². The van der Waals surface area contributed by atoms with Crippen LogP contribution in [-0.2, 0) is 14.3 Å². The van der Waals surface area contributed by atoms with Gasteiger partial charge >= 0.3 is 5.97 Å². The Hall–Kier alpha value is -1.52. The van der Waals surface area contributed by atoms with Crippen molar-refractivity contribution in [2.24, 2.45) is 0 Å². The fourth-order valence-electron chi connectivity index (χ4n) is 1.93. The van der Waals surface area contributed by atoms with E-state index in [1.165, 1.54) is 13.2 Å². The molecule has 102 valence electrons. The summed E-state index contributed by atoms with van der Waals surface area (Å²) in [5, 5.41) is 3.00. The summed E-state index contributed by atoms with van der Waals surface area (Å²) in [6.45, 7) is 2.42. The zero-order valence-electron chi connectivity index (χ0n) is 11.0. The Labute approximate surface area is 108 Å². The van der Waals surface area contributed by atoms with Crippen LogP contribution in [0.4, 0.5) is 0 Å². The minimum absolute atomic E-state index is 0.276. The average molecular weight is 254 g/mol. The third-order valence-electron chi connectivity index (χ3n) is 2.96. The number of amides is 1. The van der Waals surface area contributed by atoms with Gasteiger partial charge in [0.25, 0.3) is 0 Å². The van der Waals surface area contributed by atoms with Gasteiger partial charge in [0.05, 0.1) is 7.11 Å². The smallest absolute Gasteiger partial charge is 0.331 e. The van der Waals surface area contributed by atoms with E-state index in [2.05, 4.69) is 10.1 Å². The van der Waals surface area contributed by atoms with Crippen LogP contribution in [0.15, 0.2) is 12.3 Å². The van der Waals surface area contributed by atoms with Crippen molar-refractivity contribution in [3.8, 4) is 0 Å². The van der Waals surface area contributed by atoms with E-state index < -0.39 is 0 Å². The summed E-state index contributed by atoms with van der Waals surface area (Å²) in [5.41, 5.74) is 0. The largest absolute Gasteiger partial charge is 0.466 e. The van der Waals surface area contributed by atoms with Gasteiger partial charge in [-0.3, -0.25) is 4.79 Å². The quantitative estimate of drug-likeness (QED) is 0.437. The summed E-state index contributed by atoms with van der Waals surface area (Å²) in [4.78, 5) is 24.4. The summed E-state index contributed by atoms with van der Waals surface area (Å²) in [6, 6.07) is 0. The maximum Gasteiger partial charge on any atom is 0.331 e. The predicted molar refractivity (Wildman–Crippen MR) is 68.8 cm³/mol. The number of rotatable bonds is 6. The van der Waals surface area contributed by atoms with E-state index in [4.69, 9.17) is 0 Å². The number of nitrogens with zero attached hydrogens (tertiary/aromatic N) is 1. The van der Waals surface area contributed by atoms with Gasteiger partial charge in [0, 0.05) is 38.3 Å². The highest BCUT2D eigenvalue weighted by Crippen LogP contribution is 2.10. The molecule has 0 aromatic heterocycles. The van der Waals surface area contributed by atoms with Gasteiger partial charge in [0.2, 0.25) is 5.91 Å². The summed E-state index contributed by atoms with van der Waals surface area (Å²) in [5.74, 6) is -0.0946. The fourth-order valence-corrected chi connectivity index (χ4v) is 1.93. The van der Waals surface area contributed by atoms with E-state index in [9.17, 15) is 9.59 Å². The zero-order chi connectivity index (χ0) is 13.2. The molecule has 0 spiro atoms. The first-order valence-corrected chi connectivity index (χ1v) is 6.49. The van der Waals surface area contributed by atoms with Gasteiger partial charge in [-0.15, -0.1) is 0 Å². The van der Waals surface area contributed by atoms with Crippen molar-refractivity contribution in [3.05, 3.63) is 12.3 Å². The van der Waals surface area contributed by atoms with Crippen molar-refractivity contribution in [1.29, 1.82) is 0 Å². The van der Waals surface area contributed by atoms with Crippen LogP contribution in [0.3, 0.4) is 0 Å². The zero-order valence-corrected chi connectivity index (χ0v) is 11.0. The number of esters is 1. The lowest BCUT2D eigenvalue weighted by molar-refractivity contribution is -0.135. The lowest BCUT2D eigenvalue weighted by atomic mass is 10.2. The van der Waals surface area contributed by atoms with Crippen LogP contribution in [0.5, 0.6) is 0 Å². The van der Waals surface area contributed by atoms with Crippen molar-refractivity contribution in [1.82, 2.24) is 10.2 Å². The number of methoxy groups -OCH3 is 1. The first kappa shape index (κ1) is 14.5. The monoisotopic (exact) mass is 254 g/mol. The van der Waals surface area contributed by atoms with E-state index in [0.29, 0.717) is 6.42 Å². The summed E-state index contributed by atoms with van der Waals surface area (Å²) in [6.07, 6.45) is 7.79. The highest BCUT2D eigenvalue weighted by atomic mass is 16.5. The highest BCUT2D eigenvalue weighted by molar-refractivity contribution is 5.81. The SMILES string of the molecule is COC(=O)/C=C/NCCCN1CCCCCC1=O. The first-order chi connectivity index (χ1) is 8.74. The molecule has 1 amide bonds. The molecule has 0 atom stereocenters. The normalized spacial score (nSPS) is 16.7. The van der Waals surface area contributed by atoms with Gasteiger partial charge in [0.15, 0.2) is 0 Å². The Morgan fingerprint density at radius 2 is 2.28 bits per heavy atom. The van der Waals surface area contributed by atoms with E-state index in [1.807, 2.05) is 4.90 Å². The number of ether oxygens (including phenoxy) is 1. The second kappa shape index (κ2) is 8.55. The Bertz CT molecular complexity index is 303. The fraction of sp³-hybridized carbons (Fsp3) is 0.692. The lowest BCUT2D eigenvalue weighted by Gasteiger charge is -2.20. The Morgan fingerprint density at radius 3 is 3.06 bits per heavy atom. The van der Waals surface area contributed by atoms with Crippen LogP contribution < -0.4 is 5.32 Å². The molecule has 0 unspecified atom stereocenters. The topological polar surface area (TPSA) is 58.6 Å². The van der Waals surface area contributed by atoms with Crippen LogP contribution in [0.25, 0.3) is 0 Å². The van der Waals surface area contributed by atoms with Crippen molar-refractivity contribution in [3.63, 3.8) is 0 Å². The van der Waals surface area contributed by atoms with E-state index in [0.717, 1.165) is 45.3 Å². The Kier molecular flexibility index (Phi) is 6.91. The molecule has 1 heterocycles. The standard InChI is InChI=1S/C13H22N2O3/c1-18-13(17)7-9-14-8-5-11-15-10-4-2-3-6-12(15)16/h7,9,14H,2-6,8,10-11H2,1H3/b9-7+. The molecule has 0 aromatic carbocycles. The van der Waals surface area contributed by atoms with E-state index >= 15 is 0 Å². The highest BCUT2D eigenvalue weighted by Gasteiger charge is 2.15. The van der Waals surface area contributed by atoms with Crippen molar-refractivity contribution in [2.75, 3.05) is 26.7 Å². The molecule has 1 aliphatic rings. The number of hydrogen-bond donors (Lipinski definition) is 1. The molecule has 1 aliphatic heterocycles. The predicted octanol–water partition coefficient (Wildman–Crippen LogP) is 1.06. The molecule has 1 rings (SSSR count). The average Bonchev–Trinajstić information content (AvgIpc) is 2.58. The molecule has 0 aliphatic carbocycles. The molecular formula is C13H22N2O3. The van der Waals surface area contributed by atoms with E-state index in [-0.39, 0.29) is 11.9 Å². The number of carbonyl (C=O) groups excluding carboxylic acids is 2. The summed E-state index contributed by atoms with van der Waals surface area (Å²) < 4.78 is 4.46. The molecule has 0 radical (unpaired) electrons.